The number of rotatable bonds is 1. The molecule has 0 aliphatic carbocycles. The largest absolute Gasteiger partial charge is 0.356 e. The van der Waals surface area contributed by atoms with Gasteiger partial charge in [-0.15, -0.1) is 0 Å². The summed E-state index contributed by atoms with van der Waals surface area (Å²) in [6.45, 7) is 3.62. The lowest BCUT2D eigenvalue weighted by Gasteiger charge is -2.38. The molecule has 0 radical (unpaired) electrons. The molecule has 112 valence electrons. The van der Waals surface area contributed by atoms with E-state index < -0.39 is 5.82 Å². The van der Waals surface area contributed by atoms with Gasteiger partial charge in [0.15, 0.2) is 0 Å². The molecule has 2 aliphatic rings. The third-order valence-corrected chi connectivity index (χ3v) is 4.74. The van der Waals surface area contributed by atoms with E-state index in [1.807, 2.05) is 0 Å². The lowest BCUT2D eigenvalue weighted by molar-refractivity contribution is -0.119. The Kier molecular flexibility index (Phi) is 3.43. The van der Waals surface area contributed by atoms with Crippen molar-refractivity contribution in [3.05, 3.63) is 35.1 Å². The third-order valence-electron chi connectivity index (χ3n) is 4.74. The van der Waals surface area contributed by atoms with Gasteiger partial charge in [0.2, 0.25) is 5.91 Å². The second-order valence-electron chi connectivity index (χ2n) is 6.18. The topological polar surface area (TPSA) is 49.4 Å². The molecule has 4 nitrogen and oxygen atoms in total. The summed E-state index contributed by atoms with van der Waals surface area (Å²) in [5, 5.41) is 2.87. The summed E-state index contributed by atoms with van der Waals surface area (Å²) >= 11 is 0. The standard InChI is InChI=1S/C16H19FN2O2/c1-11-3-2-4-12(17)14(11)15(21)19-7-5-16(6-8-19)9-13(20)18-10-16/h2-4H,5-10H2,1H3,(H,18,20). The van der Waals surface area contributed by atoms with Gasteiger partial charge in [0.25, 0.3) is 5.91 Å². The van der Waals surface area contributed by atoms with Crippen molar-refractivity contribution in [2.24, 2.45) is 5.41 Å². The molecule has 1 spiro atoms. The predicted octanol–water partition coefficient (Wildman–Crippen LogP) is 1.88. The minimum Gasteiger partial charge on any atom is -0.356 e. The maximum atomic E-state index is 13.9. The third kappa shape index (κ3) is 2.52. The van der Waals surface area contributed by atoms with Gasteiger partial charge in [-0.3, -0.25) is 9.59 Å². The molecule has 3 rings (SSSR count). The molecule has 1 aromatic rings. The van der Waals surface area contributed by atoms with Gasteiger partial charge < -0.3 is 10.2 Å². The zero-order chi connectivity index (χ0) is 15.0. The number of halogens is 1. The van der Waals surface area contributed by atoms with E-state index in [1.54, 1.807) is 24.0 Å². The summed E-state index contributed by atoms with van der Waals surface area (Å²) in [5.74, 6) is -0.601. The summed E-state index contributed by atoms with van der Waals surface area (Å²) < 4.78 is 13.9. The number of aryl methyl sites for hydroxylation is 1. The minimum absolute atomic E-state index is 0.00184. The Balaban J connectivity index is 1.72. The fraction of sp³-hybridized carbons (Fsp3) is 0.500. The van der Waals surface area contributed by atoms with E-state index in [-0.39, 0.29) is 22.8 Å². The number of benzene rings is 1. The second kappa shape index (κ2) is 5.13. The van der Waals surface area contributed by atoms with Crippen molar-refractivity contribution in [2.75, 3.05) is 19.6 Å². The number of carbonyl (C=O) groups is 2. The van der Waals surface area contributed by atoms with Gasteiger partial charge in [0.1, 0.15) is 5.82 Å². The van der Waals surface area contributed by atoms with Crippen LogP contribution >= 0.6 is 0 Å². The van der Waals surface area contributed by atoms with Crippen molar-refractivity contribution in [1.82, 2.24) is 10.2 Å². The highest BCUT2D eigenvalue weighted by Gasteiger charge is 2.42. The highest BCUT2D eigenvalue weighted by atomic mass is 19.1. The Morgan fingerprint density at radius 2 is 2.05 bits per heavy atom. The van der Waals surface area contributed by atoms with Crippen molar-refractivity contribution in [3.63, 3.8) is 0 Å². The maximum absolute atomic E-state index is 13.9. The molecule has 0 aromatic heterocycles. The molecule has 2 aliphatic heterocycles. The van der Waals surface area contributed by atoms with Gasteiger partial charge in [-0.2, -0.15) is 0 Å². The van der Waals surface area contributed by atoms with Crippen LogP contribution in [0.2, 0.25) is 0 Å². The number of amides is 2. The molecule has 5 heteroatoms. The van der Waals surface area contributed by atoms with Crippen LogP contribution in [0.25, 0.3) is 0 Å². The van der Waals surface area contributed by atoms with Crippen LogP contribution in [0.3, 0.4) is 0 Å². The normalized spacial score (nSPS) is 20.7. The molecule has 2 heterocycles. The van der Waals surface area contributed by atoms with Gasteiger partial charge in [0, 0.05) is 26.1 Å². The first-order chi connectivity index (χ1) is 10.0. The first kappa shape index (κ1) is 14.0. The Labute approximate surface area is 123 Å². The van der Waals surface area contributed by atoms with Crippen molar-refractivity contribution in [1.29, 1.82) is 0 Å². The zero-order valence-electron chi connectivity index (χ0n) is 12.1. The molecule has 0 atom stereocenters. The fourth-order valence-electron chi connectivity index (χ4n) is 3.35. The van der Waals surface area contributed by atoms with Crippen LogP contribution in [0.4, 0.5) is 4.39 Å². The highest BCUT2D eigenvalue weighted by molar-refractivity contribution is 5.96. The smallest absolute Gasteiger partial charge is 0.257 e. The minimum atomic E-state index is -0.460. The van der Waals surface area contributed by atoms with Crippen LogP contribution < -0.4 is 5.32 Å². The van der Waals surface area contributed by atoms with E-state index in [1.165, 1.54) is 6.07 Å². The van der Waals surface area contributed by atoms with Crippen LogP contribution in [0, 0.1) is 18.2 Å². The van der Waals surface area contributed by atoms with Crippen LogP contribution in [0.5, 0.6) is 0 Å². The Bertz CT molecular complexity index is 572. The Hall–Kier alpha value is -1.91. The number of nitrogens with zero attached hydrogens (tertiary/aromatic N) is 1. The van der Waals surface area contributed by atoms with E-state index in [9.17, 15) is 14.0 Å². The summed E-state index contributed by atoms with van der Waals surface area (Å²) in [4.78, 5) is 25.6. The molecule has 2 amide bonds. The Morgan fingerprint density at radius 1 is 1.33 bits per heavy atom. The molecule has 2 fully saturated rings. The summed E-state index contributed by atoms with van der Waals surface area (Å²) in [6.07, 6.45) is 2.14. The molecule has 1 N–H and O–H groups in total. The highest BCUT2D eigenvalue weighted by Crippen LogP contribution is 2.37. The predicted molar refractivity (Wildman–Crippen MR) is 76.3 cm³/mol. The second-order valence-corrected chi connectivity index (χ2v) is 6.18. The first-order valence-electron chi connectivity index (χ1n) is 7.32. The SMILES string of the molecule is Cc1cccc(F)c1C(=O)N1CCC2(CC1)CNC(=O)C2. The van der Waals surface area contributed by atoms with Crippen molar-refractivity contribution >= 4 is 11.8 Å². The summed E-state index contributed by atoms with van der Waals surface area (Å²) in [5.41, 5.74) is 0.838. The van der Waals surface area contributed by atoms with Crippen molar-refractivity contribution in [3.8, 4) is 0 Å². The summed E-state index contributed by atoms with van der Waals surface area (Å²) in [7, 11) is 0. The number of nitrogens with one attached hydrogen (secondary N) is 1. The average Bonchev–Trinajstić information content (AvgIpc) is 2.80. The molecule has 0 bridgehead atoms. The molecule has 0 unspecified atom stereocenters. The molecule has 0 saturated carbocycles. The number of hydrogen-bond acceptors (Lipinski definition) is 2. The van der Waals surface area contributed by atoms with Crippen molar-refractivity contribution in [2.45, 2.75) is 26.2 Å². The van der Waals surface area contributed by atoms with E-state index in [2.05, 4.69) is 5.32 Å². The molecular formula is C16H19FN2O2. The quantitative estimate of drug-likeness (QED) is 0.858. The number of hydrogen-bond donors (Lipinski definition) is 1. The van der Waals surface area contributed by atoms with E-state index in [0.717, 1.165) is 12.8 Å². The van der Waals surface area contributed by atoms with E-state index >= 15 is 0 Å². The van der Waals surface area contributed by atoms with Crippen LogP contribution in [-0.2, 0) is 4.79 Å². The molecule has 2 saturated heterocycles. The summed E-state index contributed by atoms with van der Waals surface area (Å²) in [6, 6.07) is 4.69. The van der Waals surface area contributed by atoms with Gasteiger partial charge in [-0.25, -0.2) is 4.39 Å². The van der Waals surface area contributed by atoms with Crippen molar-refractivity contribution < 1.29 is 14.0 Å². The van der Waals surface area contributed by atoms with Gasteiger partial charge in [-0.1, -0.05) is 12.1 Å². The van der Waals surface area contributed by atoms with Gasteiger partial charge in [-0.05, 0) is 36.8 Å². The molecular weight excluding hydrogens is 271 g/mol. The number of piperidine rings is 1. The van der Waals surface area contributed by atoms with Gasteiger partial charge >= 0.3 is 0 Å². The van der Waals surface area contributed by atoms with Crippen LogP contribution in [0.15, 0.2) is 18.2 Å². The lowest BCUT2D eigenvalue weighted by atomic mass is 9.77. The molecule has 1 aromatic carbocycles. The first-order valence-corrected chi connectivity index (χ1v) is 7.32. The van der Waals surface area contributed by atoms with Crippen LogP contribution in [0.1, 0.15) is 35.2 Å². The number of carbonyl (C=O) groups excluding carboxylic acids is 2. The molecule has 21 heavy (non-hydrogen) atoms. The lowest BCUT2D eigenvalue weighted by Crippen LogP contribution is -2.44. The van der Waals surface area contributed by atoms with E-state index in [4.69, 9.17) is 0 Å². The zero-order valence-corrected chi connectivity index (χ0v) is 12.1. The Morgan fingerprint density at radius 3 is 2.62 bits per heavy atom. The fourth-order valence-corrected chi connectivity index (χ4v) is 3.35. The van der Waals surface area contributed by atoms with E-state index in [0.29, 0.717) is 31.6 Å². The van der Waals surface area contributed by atoms with Crippen LogP contribution in [-0.4, -0.2) is 36.3 Å². The number of likely N-dealkylation sites (tertiary alicyclic amines) is 1. The average molecular weight is 290 g/mol. The monoisotopic (exact) mass is 290 g/mol. The maximum Gasteiger partial charge on any atom is 0.257 e. The van der Waals surface area contributed by atoms with Gasteiger partial charge in [0.05, 0.1) is 5.56 Å².